The zero-order chi connectivity index (χ0) is 21.7. The average Bonchev–Trinajstić information content (AvgIpc) is 2.76. The Balaban J connectivity index is 1.81. The van der Waals surface area contributed by atoms with Gasteiger partial charge in [0.15, 0.2) is 11.6 Å². The van der Waals surface area contributed by atoms with E-state index in [-0.39, 0.29) is 30.3 Å². The van der Waals surface area contributed by atoms with Crippen molar-refractivity contribution in [3.8, 4) is 5.75 Å². The SMILES string of the molecule is CC[C@@H](NC(=O)c1ccc2cnc(N[C@@H](C)CO)cc2c1)c1ccc(OC)c(F)c1. The zero-order valence-electron chi connectivity index (χ0n) is 17.3. The van der Waals surface area contributed by atoms with Gasteiger partial charge in [0.25, 0.3) is 5.91 Å². The molecule has 3 aromatic rings. The number of aromatic nitrogens is 1. The Morgan fingerprint density at radius 1 is 1.20 bits per heavy atom. The Bertz CT molecular complexity index is 1040. The van der Waals surface area contributed by atoms with E-state index in [1.807, 2.05) is 26.0 Å². The number of aliphatic hydroxyl groups is 1. The fourth-order valence-corrected chi connectivity index (χ4v) is 3.22. The number of hydrogen-bond acceptors (Lipinski definition) is 5. The maximum atomic E-state index is 14.1. The van der Waals surface area contributed by atoms with E-state index in [2.05, 4.69) is 15.6 Å². The molecule has 0 aliphatic carbocycles. The average molecular weight is 411 g/mol. The van der Waals surface area contributed by atoms with Crippen molar-refractivity contribution < 1.29 is 19.0 Å². The molecule has 1 amide bonds. The summed E-state index contributed by atoms with van der Waals surface area (Å²) in [6.07, 6.45) is 2.33. The summed E-state index contributed by atoms with van der Waals surface area (Å²) >= 11 is 0. The fourth-order valence-electron chi connectivity index (χ4n) is 3.22. The summed E-state index contributed by atoms with van der Waals surface area (Å²) < 4.78 is 19.0. The third-order valence-corrected chi connectivity index (χ3v) is 4.94. The number of fused-ring (bicyclic) bond motifs is 1. The number of benzene rings is 2. The molecule has 2 atom stereocenters. The van der Waals surface area contributed by atoms with Gasteiger partial charge in [0, 0.05) is 23.2 Å². The van der Waals surface area contributed by atoms with Gasteiger partial charge < -0.3 is 20.5 Å². The highest BCUT2D eigenvalue weighted by atomic mass is 19.1. The Labute approximate surface area is 175 Å². The summed E-state index contributed by atoms with van der Waals surface area (Å²) in [6.45, 7) is 3.77. The van der Waals surface area contributed by atoms with E-state index in [0.717, 1.165) is 10.8 Å². The lowest BCUT2D eigenvalue weighted by Gasteiger charge is -2.18. The van der Waals surface area contributed by atoms with Crippen LogP contribution in [0.4, 0.5) is 10.2 Å². The number of rotatable bonds is 8. The summed E-state index contributed by atoms with van der Waals surface area (Å²) in [6, 6.07) is 11.5. The van der Waals surface area contributed by atoms with Crippen LogP contribution < -0.4 is 15.4 Å². The molecule has 0 fully saturated rings. The van der Waals surface area contributed by atoms with Crippen molar-refractivity contribution in [1.29, 1.82) is 0 Å². The standard InChI is InChI=1S/C23H26FN3O3/c1-4-20(15-7-8-21(30-3)19(24)10-15)27-23(29)16-5-6-17-12-25-22(11-18(17)9-16)26-14(2)13-28/h5-12,14,20,28H,4,13H2,1-3H3,(H,25,26)(H,27,29)/t14-,20+/m0/s1. The minimum atomic E-state index is -0.460. The molecule has 3 rings (SSSR count). The quantitative estimate of drug-likeness (QED) is 0.521. The van der Waals surface area contributed by atoms with E-state index >= 15 is 0 Å². The number of hydrogen-bond donors (Lipinski definition) is 3. The molecule has 0 saturated carbocycles. The summed E-state index contributed by atoms with van der Waals surface area (Å²) in [5.74, 6) is 0.0952. The molecule has 0 spiro atoms. The maximum absolute atomic E-state index is 14.1. The number of pyridine rings is 1. The second-order valence-electron chi connectivity index (χ2n) is 7.19. The van der Waals surface area contributed by atoms with Crippen molar-refractivity contribution in [3.05, 3.63) is 65.6 Å². The van der Waals surface area contributed by atoms with Crippen LogP contribution in [0.3, 0.4) is 0 Å². The molecule has 0 unspecified atom stereocenters. The molecule has 6 nitrogen and oxygen atoms in total. The minimum Gasteiger partial charge on any atom is -0.494 e. The van der Waals surface area contributed by atoms with Crippen LogP contribution >= 0.6 is 0 Å². The number of ether oxygens (including phenoxy) is 1. The molecule has 158 valence electrons. The van der Waals surface area contributed by atoms with E-state index in [4.69, 9.17) is 4.74 Å². The number of nitrogens with zero attached hydrogens (tertiary/aromatic N) is 1. The third-order valence-electron chi connectivity index (χ3n) is 4.94. The number of nitrogens with one attached hydrogen (secondary N) is 2. The van der Waals surface area contributed by atoms with E-state index in [0.29, 0.717) is 23.4 Å². The van der Waals surface area contributed by atoms with Gasteiger partial charge in [-0.1, -0.05) is 19.1 Å². The van der Waals surface area contributed by atoms with Gasteiger partial charge in [-0.25, -0.2) is 9.37 Å². The minimum absolute atomic E-state index is 0.00742. The third kappa shape index (κ3) is 4.86. The van der Waals surface area contributed by atoms with E-state index < -0.39 is 5.82 Å². The number of carbonyl (C=O) groups is 1. The maximum Gasteiger partial charge on any atom is 0.251 e. The van der Waals surface area contributed by atoms with Gasteiger partial charge in [-0.2, -0.15) is 0 Å². The number of methoxy groups -OCH3 is 1. The van der Waals surface area contributed by atoms with E-state index in [1.165, 1.54) is 13.2 Å². The monoisotopic (exact) mass is 411 g/mol. The summed E-state index contributed by atoms with van der Waals surface area (Å²) in [7, 11) is 1.41. The molecule has 0 bridgehead atoms. The molecule has 0 aliphatic heterocycles. The first-order chi connectivity index (χ1) is 14.4. The van der Waals surface area contributed by atoms with Crippen LogP contribution in [0.5, 0.6) is 5.75 Å². The number of halogens is 1. The first kappa shape index (κ1) is 21.5. The summed E-state index contributed by atoms with van der Waals surface area (Å²) in [5.41, 5.74) is 1.18. The van der Waals surface area contributed by atoms with Gasteiger partial charge >= 0.3 is 0 Å². The molecule has 3 N–H and O–H groups in total. The first-order valence-electron chi connectivity index (χ1n) is 9.86. The Kier molecular flexibility index (Phi) is 6.84. The Morgan fingerprint density at radius 2 is 2.00 bits per heavy atom. The molecule has 2 aromatic carbocycles. The lowest BCUT2D eigenvalue weighted by atomic mass is 10.0. The van der Waals surface area contributed by atoms with Gasteiger partial charge in [-0.15, -0.1) is 0 Å². The lowest BCUT2D eigenvalue weighted by Crippen LogP contribution is -2.28. The van der Waals surface area contributed by atoms with Crippen molar-refractivity contribution in [1.82, 2.24) is 10.3 Å². The highest BCUT2D eigenvalue weighted by Crippen LogP contribution is 2.25. The second kappa shape index (κ2) is 9.54. The van der Waals surface area contributed by atoms with Gasteiger partial charge in [-0.05, 0) is 54.6 Å². The predicted octanol–water partition coefficient (Wildman–Crippen LogP) is 4.06. The highest BCUT2D eigenvalue weighted by Gasteiger charge is 2.16. The first-order valence-corrected chi connectivity index (χ1v) is 9.86. The van der Waals surface area contributed by atoms with Gasteiger partial charge in [0.1, 0.15) is 5.82 Å². The van der Waals surface area contributed by atoms with Crippen molar-refractivity contribution in [2.24, 2.45) is 0 Å². The van der Waals surface area contributed by atoms with Crippen molar-refractivity contribution in [2.75, 3.05) is 19.0 Å². The molecule has 0 radical (unpaired) electrons. The fraction of sp³-hybridized carbons (Fsp3) is 0.304. The molecule has 1 aromatic heterocycles. The van der Waals surface area contributed by atoms with Crippen LogP contribution in [0.2, 0.25) is 0 Å². The van der Waals surface area contributed by atoms with Crippen LogP contribution in [0.25, 0.3) is 10.8 Å². The van der Waals surface area contributed by atoms with E-state index in [9.17, 15) is 14.3 Å². The normalized spacial score (nSPS) is 13.0. The lowest BCUT2D eigenvalue weighted by molar-refractivity contribution is 0.0935. The number of anilines is 1. The smallest absolute Gasteiger partial charge is 0.251 e. The molecule has 0 aliphatic rings. The van der Waals surface area contributed by atoms with Crippen molar-refractivity contribution in [3.63, 3.8) is 0 Å². The molecule has 1 heterocycles. The highest BCUT2D eigenvalue weighted by molar-refractivity contribution is 5.99. The molecule has 7 heteroatoms. The number of carbonyl (C=O) groups excluding carboxylic acids is 1. The van der Waals surface area contributed by atoms with Crippen LogP contribution in [0.15, 0.2) is 48.7 Å². The van der Waals surface area contributed by atoms with Crippen LogP contribution in [0, 0.1) is 5.82 Å². The topological polar surface area (TPSA) is 83.5 Å². The van der Waals surface area contributed by atoms with Crippen LogP contribution in [-0.4, -0.2) is 35.8 Å². The Hall–Kier alpha value is -3.19. The summed E-state index contributed by atoms with van der Waals surface area (Å²) in [5, 5.41) is 17.0. The van der Waals surface area contributed by atoms with Crippen LogP contribution in [-0.2, 0) is 0 Å². The number of aliphatic hydroxyl groups excluding tert-OH is 1. The van der Waals surface area contributed by atoms with Crippen LogP contribution in [0.1, 0.15) is 42.2 Å². The predicted molar refractivity (Wildman–Crippen MR) is 115 cm³/mol. The molecule has 0 saturated heterocycles. The zero-order valence-corrected chi connectivity index (χ0v) is 17.3. The van der Waals surface area contributed by atoms with Gasteiger partial charge in [-0.3, -0.25) is 4.79 Å². The van der Waals surface area contributed by atoms with Crippen molar-refractivity contribution >= 4 is 22.5 Å². The van der Waals surface area contributed by atoms with Crippen molar-refractivity contribution in [2.45, 2.75) is 32.4 Å². The molecular formula is C23H26FN3O3. The largest absolute Gasteiger partial charge is 0.494 e. The van der Waals surface area contributed by atoms with Gasteiger partial charge in [0.2, 0.25) is 0 Å². The molecular weight excluding hydrogens is 385 g/mol. The summed E-state index contributed by atoms with van der Waals surface area (Å²) in [4.78, 5) is 17.2. The molecule has 30 heavy (non-hydrogen) atoms. The van der Waals surface area contributed by atoms with E-state index in [1.54, 1.807) is 30.5 Å². The number of amides is 1. The Morgan fingerprint density at radius 3 is 2.67 bits per heavy atom. The second-order valence-corrected chi connectivity index (χ2v) is 7.19. The van der Waals surface area contributed by atoms with Gasteiger partial charge in [0.05, 0.1) is 19.8 Å².